The van der Waals surface area contributed by atoms with E-state index in [9.17, 15) is 0 Å². The van der Waals surface area contributed by atoms with Crippen LogP contribution in [0.5, 0.6) is 11.5 Å². The van der Waals surface area contributed by atoms with Gasteiger partial charge in [-0.05, 0) is 52.7 Å². The molecule has 0 amide bonds. The lowest BCUT2D eigenvalue weighted by molar-refractivity contribution is 0.354. The van der Waals surface area contributed by atoms with E-state index in [1.165, 1.54) is 0 Å². The highest BCUT2D eigenvalue weighted by atomic mass is 79.9. The van der Waals surface area contributed by atoms with E-state index in [4.69, 9.17) is 9.47 Å². The summed E-state index contributed by atoms with van der Waals surface area (Å²) in [5.41, 5.74) is 2.06. The molecule has 2 rings (SSSR count). The third kappa shape index (κ3) is 3.42. The minimum atomic E-state index is 0.675. The Morgan fingerprint density at radius 2 is 1.85 bits per heavy atom. The molecular weight excluding hydrogens is 320 g/mol. The van der Waals surface area contributed by atoms with Gasteiger partial charge in [0.1, 0.15) is 5.82 Å². The van der Waals surface area contributed by atoms with Gasteiger partial charge in [0, 0.05) is 11.0 Å². The van der Waals surface area contributed by atoms with Gasteiger partial charge in [-0.1, -0.05) is 6.07 Å². The zero-order valence-corrected chi connectivity index (χ0v) is 13.3. The van der Waals surface area contributed by atoms with Crippen molar-refractivity contribution in [3.05, 3.63) is 46.1 Å². The number of rotatable bonds is 5. The van der Waals surface area contributed by atoms with Gasteiger partial charge in [0.25, 0.3) is 0 Å². The van der Waals surface area contributed by atoms with E-state index in [2.05, 4.69) is 26.2 Å². The van der Waals surface area contributed by atoms with Crippen LogP contribution in [0.25, 0.3) is 0 Å². The normalized spacial score (nSPS) is 10.2. The van der Waals surface area contributed by atoms with Gasteiger partial charge < -0.3 is 14.8 Å². The standard InChI is InChI=1S/C15H17BrN2O2/c1-10-12(16)5-7-15(18-10)17-9-11-4-6-13(19-2)14(8-11)20-3/h4-8H,9H2,1-3H3,(H,17,18). The van der Waals surface area contributed by atoms with Gasteiger partial charge in [0.15, 0.2) is 11.5 Å². The van der Waals surface area contributed by atoms with Crippen LogP contribution in [0, 0.1) is 6.92 Å². The topological polar surface area (TPSA) is 43.4 Å². The Morgan fingerprint density at radius 3 is 2.50 bits per heavy atom. The van der Waals surface area contributed by atoms with Gasteiger partial charge in [-0.15, -0.1) is 0 Å². The second-order valence-electron chi connectivity index (χ2n) is 4.31. The Labute approximate surface area is 127 Å². The number of methoxy groups -OCH3 is 2. The van der Waals surface area contributed by atoms with Crippen LogP contribution in [0.1, 0.15) is 11.3 Å². The number of halogens is 1. The highest BCUT2D eigenvalue weighted by Gasteiger charge is 2.05. The van der Waals surface area contributed by atoms with E-state index < -0.39 is 0 Å². The van der Waals surface area contributed by atoms with E-state index in [-0.39, 0.29) is 0 Å². The average molecular weight is 337 g/mol. The minimum absolute atomic E-state index is 0.675. The Balaban J connectivity index is 2.08. The van der Waals surface area contributed by atoms with Crippen molar-refractivity contribution < 1.29 is 9.47 Å². The minimum Gasteiger partial charge on any atom is -0.493 e. The summed E-state index contributed by atoms with van der Waals surface area (Å²) in [6.45, 7) is 2.64. The van der Waals surface area contributed by atoms with Crippen LogP contribution in [0.3, 0.4) is 0 Å². The Bertz CT molecular complexity index is 602. The van der Waals surface area contributed by atoms with Crippen molar-refractivity contribution in [2.75, 3.05) is 19.5 Å². The van der Waals surface area contributed by atoms with Gasteiger partial charge in [-0.2, -0.15) is 0 Å². The molecule has 1 heterocycles. The van der Waals surface area contributed by atoms with E-state index in [0.717, 1.165) is 33.0 Å². The zero-order chi connectivity index (χ0) is 14.5. The number of pyridine rings is 1. The molecule has 1 aromatic heterocycles. The molecule has 0 saturated carbocycles. The molecule has 0 aliphatic heterocycles. The molecule has 4 nitrogen and oxygen atoms in total. The lowest BCUT2D eigenvalue weighted by Gasteiger charge is -2.11. The number of nitrogens with zero attached hydrogens (tertiary/aromatic N) is 1. The van der Waals surface area contributed by atoms with E-state index in [0.29, 0.717) is 6.54 Å². The number of hydrogen-bond donors (Lipinski definition) is 1. The maximum absolute atomic E-state index is 5.29. The highest BCUT2D eigenvalue weighted by Crippen LogP contribution is 2.27. The van der Waals surface area contributed by atoms with Crippen molar-refractivity contribution in [3.8, 4) is 11.5 Å². The predicted octanol–water partition coefficient (Wildman–Crippen LogP) is 3.78. The summed E-state index contributed by atoms with van der Waals surface area (Å²) >= 11 is 3.44. The molecule has 0 radical (unpaired) electrons. The number of aryl methyl sites for hydroxylation is 1. The summed E-state index contributed by atoms with van der Waals surface area (Å²) in [5, 5.41) is 3.29. The number of aromatic nitrogens is 1. The summed E-state index contributed by atoms with van der Waals surface area (Å²) in [5.74, 6) is 2.31. The first kappa shape index (κ1) is 14.7. The molecule has 0 atom stereocenters. The zero-order valence-electron chi connectivity index (χ0n) is 11.7. The van der Waals surface area contributed by atoms with E-state index in [1.807, 2.05) is 37.3 Å². The second-order valence-corrected chi connectivity index (χ2v) is 5.16. The molecule has 0 saturated heterocycles. The van der Waals surface area contributed by atoms with Gasteiger partial charge >= 0.3 is 0 Å². The first-order chi connectivity index (χ1) is 9.63. The maximum atomic E-state index is 5.29. The lowest BCUT2D eigenvalue weighted by Crippen LogP contribution is -2.02. The van der Waals surface area contributed by atoms with E-state index >= 15 is 0 Å². The summed E-state index contributed by atoms with van der Waals surface area (Å²) < 4.78 is 11.5. The number of ether oxygens (including phenoxy) is 2. The third-order valence-electron chi connectivity index (χ3n) is 2.94. The molecule has 0 aliphatic rings. The van der Waals surface area contributed by atoms with Crippen molar-refractivity contribution in [2.24, 2.45) is 0 Å². The van der Waals surface area contributed by atoms with Crippen LogP contribution >= 0.6 is 15.9 Å². The molecule has 106 valence electrons. The average Bonchev–Trinajstić information content (AvgIpc) is 2.48. The molecule has 20 heavy (non-hydrogen) atoms. The van der Waals surface area contributed by atoms with Crippen molar-refractivity contribution >= 4 is 21.7 Å². The van der Waals surface area contributed by atoms with Crippen LogP contribution in [-0.4, -0.2) is 19.2 Å². The second kappa shape index (κ2) is 6.61. The van der Waals surface area contributed by atoms with Crippen LogP contribution in [0.15, 0.2) is 34.8 Å². The molecule has 2 aromatic rings. The van der Waals surface area contributed by atoms with Crippen LogP contribution < -0.4 is 14.8 Å². The molecule has 0 aliphatic carbocycles. The van der Waals surface area contributed by atoms with E-state index in [1.54, 1.807) is 14.2 Å². The SMILES string of the molecule is COc1ccc(CNc2ccc(Br)c(C)n2)cc1OC. The first-order valence-electron chi connectivity index (χ1n) is 6.22. The fraction of sp³-hybridized carbons (Fsp3) is 0.267. The molecule has 0 fully saturated rings. The lowest BCUT2D eigenvalue weighted by atomic mass is 10.2. The molecule has 5 heteroatoms. The fourth-order valence-corrected chi connectivity index (χ4v) is 2.05. The van der Waals surface area contributed by atoms with Crippen LogP contribution in [-0.2, 0) is 6.54 Å². The molecule has 1 N–H and O–H groups in total. The Morgan fingerprint density at radius 1 is 1.10 bits per heavy atom. The molecule has 0 unspecified atom stereocenters. The summed E-state index contributed by atoms with van der Waals surface area (Å²) in [6, 6.07) is 9.78. The monoisotopic (exact) mass is 336 g/mol. The maximum Gasteiger partial charge on any atom is 0.161 e. The van der Waals surface area contributed by atoms with Crippen molar-refractivity contribution in [3.63, 3.8) is 0 Å². The number of benzene rings is 1. The van der Waals surface area contributed by atoms with Crippen molar-refractivity contribution in [2.45, 2.75) is 13.5 Å². The van der Waals surface area contributed by atoms with Gasteiger partial charge in [-0.3, -0.25) is 0 Å². The predicted molar refractivity (Wildman–Crippen MR) is 83.5 cm³/mol. The molecular formula is C15H17BrN2O2. The van der Waals surface area contributed by atoms with Crippen LogP contribution in [0.4, 0.5) is 5.82 Å². The molecule has 0 spiro atoms. The third-order valence-corrected chi connectivity index (χ3v) is 3.78. The quantitative estimate of drug-likeness (QED) is 0.902. The first-order valence-corrected chi connectivity index (χ1v) is 7.01. The number of anilines is 1. The Kier molecular flexibility index (Phi) is 4.84. The van der Waals surface area contributed by atoms with Gasteiger partial charge in [0.2, 0.25) is 0 Å². The van der Waals surface area contributed by atoms with Gasteiger partial charge in [0.05, 0.1) is 19.9 Å². The fourth-order valence-electron chi connectivity index (χ4n) is 1.83. The number of hydrogen-bond acceptors (Lipinski definition) is 4. The Hall–Kier alpha value is -1.75. The summed E-state index contributed by atoms with van der Waals surface area (Å²) in [6.07, 6.45) is 0. The molecule has 0 bridgehead atoms. The van der Waals surface area contributed by atoms with Gasteiger partial charge in [-0.25, -0.2) is 4.98 Å². The number of nitrogens with one attached hydrogen (secondary N) is 1. The van der Waals surface area contributed by atoms with Crippen molar-refractivity contribution in [1.29, 1.82) is 0 Å². The van der Waals surface area contributed by atoms with Crippen LogP contribution in [0.2, 0.25) is 0 Å². The summed E-state index contributed by atoms with van der Waals surface area (Å²) in [4.78, 5) is 4.45. The highest BCUT2D eigenvalue weighted by molar-refractivity contribution is 9.10. The summed E-state index contributed by atoms with van der Waals surface area (Å²) in [7, 11) is 3.26. The van der Waals surface area contributed by atoms with Crippen molar-refractivity contribution in [1.82, 2.24) is 4.98 Å². The largest absolute Gasteiger partial charge is 0.493 e. The smallest absolute Gasteiger partial charge is 0.161 e. The molecule has 1 aromatic carbocycles.